The third-order valence-corrected chi connectivity index (χ3v) is 7.90. The highest BCUT2D eigenvalue weighted by molar-refractivity contribution is 6.34. The molecule has 0 saturated carbocycles. The Morgan fingerprint density at radius 2 is 1.85 bits per heavy atom. The summed E-state index contributed by atoms with van der Waals surface area (Å²) in [6.07, 6.45) is 5.78. The van der Waals surface area contributed by atoms with Gasteiger partial charge < -0.3 is 24.7 Å². The number of piperidine rings is 1. The number of hydrogen-bond acceptors (Lipinski definition) is 7. The van der Waals surface area contributed by atoms with Crippen molar-refractivity contribution in [3.63, 3.8) is 0 Å². The van der Waals surface area contributed by atoms with E-state index >= 15 is 0 Å². The molecule has 4 aromatic rings. The van der Waals surface area contributed by atoms with Crippen molar-refractivity contribution in [1.29, 1.82) is 0 Å². The van der Waals surface area contributed by atoms with E-state index in [9.17, 15) is 14.4 Å². The zero-order valence-corrected chi connectivity index (χ0v) is 27.5. The van der Waals surface area contributed by atoms with Gasteiger partial charge in [-0.2, -0.15) is 0 Å². The molecule has 11 nitrogen and oxygen atoms in total. The Labute approximate surface area is 272 Å². The van der Waals surface area contributed by atoms with Crippen LogP contribution in [0.25, 0.3) is 22.0 Å². The number of H-pyrrole nitrogens is 1. The van der Waals surface area contributed by atoms with E-state index in [1.54, 1.807) is 23.1 Å². The molecule has 0 unspecified atom stereocenters. The quantitative estimate of drug-likeness (QED) is 0.189. The summed E-state index contributed by atoms with van der Waals surface area (Å²) in [7, 11) is 0. The monoisotopic (exact) mass is 646 g/mol. The van der Waals surface area contributed by atoms with Crippen molar-refractivity contribution < 1.29 is 19.1 Å². The van der Waals surface area contributed by atoms with Gasteiger partial charge in [-0.25, -0.2) is 19.6 Å². The van der Waals surface area contributed by atoms with E-state index in [-0.39, 0.29) is 29.3 Å². The Bertz CT molecular complexity index is 1780. The number of aryl methyl sites for hydroxylation is 2. The lowest BCUT2D eigenvalue weighted by atomic mass is 9.98. The second-order valence-electron chi connectivity index (χ2n) is 12.5. The summed E-state index contributed by atoms with van der Waals surface area (Å²) >= 11 is 6.57. The van der Waals surface area contributed by atoms with Crippen LogP contribution in [0.3, 0.4) is 0 Å². The Hall–Kier alpha value is -4.64. The molecule has 1 aliphatic rings. The molecule has 2 aromatic heterocycles. The number of urea groups is 1. The minimum absolute atomic E-state index is 0.0707. The van der Waals surface area contributed by atoms with E-state index in [0.717, 1.165) is 30.4 Å². The van der Waals surface area contributed by atoms with Gasteiger partial charge in [-0.05, 0) is 77.6 Å². The summed E-state index contributed by atoms with van der Waals surface area (Å²) < 4.78 is 12.2. The number of carbonyl (C=O) groups excluding carboxylic acids is 2. The highest BCUT2D eigenvalue weighted by Crippen LogP contribution is 2.38. The Morgan fingerprint density at radius 1 is 1.09 bits per heavy atom. The first-order valence-electron chi connectivity index (χ1n) is 15.3. The average molecular weight is 647 g/mol. The molecule has 1 fully saturated rings. The molecule has 2 aromatic carbocycles. The van der Waals surface area contributed by atoms with Crippen LogP contribution in [-0.4, -0.2) is 56.8 Å². The molecule has 1 aliphatic heterocycles. The van der Waals surface area contributed by atoms with Crippen molar-refractivity contribution >= 4 is 46.1 Å². The number of amides is 3. The van der Waals surface area contributed by atoms with Crippen molar-refractivity contribution in [2.75, 3.05) is 23.8 Å². The summed E-state index contributed by atoms with van der Waals surface area (Å²) in [5, 5.41) is 6.19. The van der Waals surface area contributed by atoms with Crippen LogP contribution in [-0.2, 0) is 4.74 Å². The van der Waals surface area contributed by atoms with Gasteiger partial charge in [0, 0.05) is 30.6 Å². The number of nitrogens with one attached hydrogen (secondary N) is 3. The summed E-state index contributed by atoms with van der Waals surface area (Å²) in [6, 6.07) is 10.1. The van der Waals surface area contributed by atoms with Gasteiger partial charge in [0.25, 0.3) is 5.56 Å². The summed E-state index contributed by atoms with van der Waals surface area (Å²) in [4.78, 5) is 52.1. The first-order chi connectivity index (χ1) is 21.9. The lowest BCUT2D eigenvalue weighted by Gasteiger charge is -2.36. The fraction of sp³-hybridized carbons (Fsp3) is 0.382. The predicted molar refractivity (Wildman–Crippen MR) is 180 cm³/mol. The smallest absolute Gasteiger partial charge is 0.410 e. The van der Waals surface area contributed by atoms with Crippen molar-refractivity contribution in [2.45, 2.75) is 71.9 Å². The van der Waals surface area contributed by atoms with Crippen LogP contribution in [0, 0.1) is 13.8 Å². The number of ether oxygens (including phenoxy) is 2. The number of aromatic nitrogens is 3. The lowest BCUT2D eigenvalue weighted by Crippen LogP contribution is -2.46. The van der Waals surface area contributed by atoms with E-state index in [0.29, 0.717) is 52.3 Å². The maximum atomic E-state index is 13.7. The number of carbonyl (C=O) groups is 2. The molecular formula is C34H39ClN6O5. The van der Waals surface area contributed by atoms with Crippen molar-refractivity contribution in [1.82, 2.24) is 19.9 Å². The van der Waals surface area contributed by atoms with E-state index in [1.165, 1.54) is 12.5 Å². The van der Waals surface area contributed by atoms with Gasteiger partial charge in [-0.1, -0.05) is 40.9 Å². The summed E-state index contributed by atoms with van der Waals surface area (Å²) in [5.74, 6) is 0.678. The Kier molecular flexibility index (Phi) is 9.81. The number of aromatic amines is 1. The maximum absolute atomic E-state index is 13.7. The number of pyridine rings is 1. The molecule has 5 rings (SSSR count). The average Bonchev–Trinajstić information content (AvgIpc) is 2.97. The van der Waals surface area contributed by atoms with Crippen molar-refractivity contribution in [3.05, 3.63) is 75.4 Å². The molecule has 46 heavy (non-hydrogen) atoms. The number of anilines is 2. The third-order valence-electron chi connectivity index (χ3n) is 7.59. The number of likely N-dealkylation sites (tertiary alicyclic amines) is 1. The van der Waals surface area contributed by atoms with Crippen LogP contribution in [0.5, 0.6) is 5.75 Å². The first kappa shape index (κ1) is 32.7. The number of hydrogen-bond donors (Lipinski definition) is 3. The predicted octanol–water partition coefficient (Wildman–Crippen LogP) is 7.46. The van der Waals surface area contributed by atoms with Crippen LogP contribution >= 0.6 is 11.6 Å². The highest BCUT2D eigenvalue weighted by Gasteiger charge is 2.30. The summed E-state index contributed by atoms with van der Waals surface area (Å²) in [5.41, 5.74) is 2.89. The normalized spacial score (nSPS) is 15.0. The number of halogens is 1. The third kappa shape index (κ3) is 7.95. The molecule has 0 spiro atoms. The second-order valence-corrected chi connectivity index (χ2v) is 13.0. The van der Waals surface area contributed by atoms with Crippen molar-refractivity contribution in [2.24, 2.45) is 0 Å². The van der Waals surface area contributed by atoms with Crippen LogP contribution in [0.2, 0.25) is 5.02 Å². The molecule has 0 radical (unpaired) electrons. The molecule has 12 heteroatoms. The number of benzene rings is 2. The fourth-order valence-corrected chi connectivity index (χ4v) is 5.92. The largest absolute Gasteiger partial charge is 0.492 e. The van der Waals surface area contributed by atoms with E-state index < -0.39 is 11.6 Å². The molecule has 3 N–H and O–H groups in total. The Balaban J connectivity index is 1.50. The van der Waals surface area contributed by atoms with E-state index in [1.807, 2.05) is 52.8 Å². The van der Waals surface area contributed by atoms with Crippen LogP contribution in [0.4, 0.5) is 21.1 Å². The topological polar surface area (TPSA) is 139 Å². The Morgan fingerprint density at radius 3 is 2.54 bits per heavy atom. The molecule has 242 valence electrons. The molecular weight excluding hydrogens is 608 g/mol. The lowest BCUT2D eigenvalue weighted by molar-refractivity contribution is 0.00745. The minimum atomic E-state index is -0.598. The van der Waals surface area contributed by atoms with Gasteiger partial charge in [0.2, 0.25) is 0 Å². The fourth-order valence-electron chi connectivity index (χ4n) is 5.71. The molecule has 0 aliphatic carbocycles. The van der Waals surface area contributed by atoms with Gasteiger partial charge in [0.1, 0.15) is 23.5 Å². The zero-order valence-electron chi connectivity index (χ0n) is 26.7. The molecule has 1 atom stereocenters. The van der Waals surface area contributed by atoms with Crippen LogP contribution < -0.4 is 20.9 Å². The van der Waals surface area contributed by atoms with Gasteiger partial charge in [-0.15, -0.1) is 0 Å². The molecule has 0 bridgehead atoms. The van der Waals surface area contributed by atoms with Gasteiger partial charge in [0.05, 0.1) is 28.4 Å². The van der Waals surface area contributed by atoms with Crippen LogP contribution in [0.1, 0.15) is 57.6 Å². The molecule has 3 heterocycles. The number of rotatable bonds is 7. The SMILES string of the molecule is Cc1cc(C)cc(-c2c(OCC[C@@H]3CCCCN3C(=O)OC(C)(C)C)c3cc(NC(=O)Nc4ccncn4)c(Cl)cc3[nH]c2=O)c1. The zero-order chi connectivity index (χ0) is 33.0. The van der Waals surface area contributed by atoms with Gasteiger partial charge in [0.15, 0.2) is 0 Å². The maximum Gasteiger partial charge on any atom is 0.410 e. The second kappa shape index (κ2) is 13.8. The molecule has 3 amide bonds. The summed E-state index contributed by atoms with van der Waals surface area (Å²) in [6.45, 7) is 10.4. The number of fused-ring (bicyclic) bond motifs is 1. The van der Waals surface area contributed by atoms with E-state index in [4.69, 9.17) is 21.1 Å². The minimum Gasteiger partial charge on any atom is -0.492 e. The van der Waals surface area contributed by atoms with Crippen molar-refractivity contribution in [3.8, 4) is 16.9 Å². The van der Waals surface area contributed by atoms with E-state index in [2.05, 4.69) is 25.6 Å². The standard InChI is InChI=1S/C34H39ClN6O5/c1-20-14-21(2)16-22(15-20)29-30(45-13-10-23-8-6-7-12-41(23)33(44)46-34(3,4)5)24-17-27(25(35)18-26(24)38-31(29)42)39-32(43)40-28-9-11-36-19-37-28/h9,11,14-19,23H,6-8,10,12-13H2,1-5H3,(H,38,42)(H2,36,37,39,40,43)/t23-/m0/s1. The highest BCUT2D eigenvalue weighted by atomic mass is 35.5. The number of nitrogens with zero attached hydrogens (tertiary/aromatic N) is 3. The first-order valence-corrected chi connectivity index (χ1v) is 15.7. The molecule has 1 saturated heterocycles. The van der Waals surface area contributed by atoms with Gasteiger partial charge >= 0.3 is 12.1 Å². The van der Waals surface area contributed by atoms with Crippen LogP contribution in [0.15, 0.2) is 53.7 Å². The van der Waals surface area contributed by atoms with Gasteiger partial charge in [-0.3, -0.25) is 10.1 Å².